The van der Waals surface area contributed by atoms with E-state index in [1.807, 2.05) is 47.4 Å². The lowest BCUT2D eigenvalue weighted by Crippen LogP contribution is -2.37. The van der Waals surface area contributed by atoms with E-state index in [0.717, 1.165) is 41.4 Å². The number of carbonyl (C=O) groups excluding carboxylic acids is 1. The maximum Gasteiger partial charge on any atom is 0.317 e. The van der Waals surface area contributed by atoms with E-state index in [9.17, 15) is 4.79 Å². The topological polar surface area (TPSA) is 80.9 Å². The number of hydrogen-bond donors (Lipinski definition) is 1. The maximum atomic E-state index is 12.5. The standard InChI is InChI=1S/C20H27N7O/c1-5-9-26-14-22-23-19(26)12-21-20(28)25(4)13-17-7-6-8-18(11-17)27-16(3)10-15(2)24-27/h6-8,10-11,14H,5,9,12-13H2,1-4H3,(H,21,28). The van der Waals surface area contributed by atoms with E-state index < -0.39 is 0 Å². The molecule has 0 saturated heterocycles. The number of hydrogen-bond acceptors (Lipinski definition) is 4. The summed E-state index contributed by atoms with van der Waals surface area (Å²) in [7, 11) is 1.78. The number of nitrogens with zero attached hydrogens (tertiary/aromatic N) is 6. The van der Waals surface area contributed by atoms with Gasteiger partial charge in [0, 0.05) is 25.8 Å². The third-order valence-electron chi connectivity index (χ3n) is 4.49. The van der Waals surface area contributed by atoms with Crippen molar-refractivity contribution < 1.29 is 4.79 Å². The summed E-state index contributed by atoms with van der Waals surface area (Å²) in [5, 5.41) is 15.4. The van der Waals surface area contributed by atoms with Gasteiger partial charge in [0.25, 0.3) is 0 Å². The largest absolute Gasteiger partial charge is 0.331 e. The molecule has 0 aliphatic heterocycles. The average Bonchev–Trinajstić information content (AvgIpc) is 3.25. The number of urea groups is 1. The van der Waals surface area contributed by atoms with E-state index in [1.54, 1.807) is 18.3 Å². The summed E-state index contributed by atoms with van der Waals surface area (Å²) in [6.07, 6.45) is 2.68. The van der Waals surface area contributed by atoms with Crippen molar-refractivity contribution >= 4 is 6.03 Å². The highest BCUT2D eigenvalue weighted by atomic mass is 16.2. The van der Waals surface area contributed by atoms with Crippen LogP contribution in [0.3, 0.4) is 0 Å². The van der Waals surface area contributed by atoms with Crippen LogP contribution in [0.25, 0.3) is 5.69 Å². The van der Waals surface area contributed by atoms with Crippen molar-refractivity contribution in [1.29, 1.82) is 0 Å². The van der Waals surface area contributed by atoms with Gasteiger partial charge in [-0.2, -0.15) is 5.10 Å². The van der Waals surface area contributed by atoms with E-state index in [2.05, 4.69) is 33.6 Å². The molecule has 0 bridgehead atoms. The van der Waals surface area contributed by atoms with Gasteiger partial charge in [0.05, 0.1) is 17.9 Å². The zero-order valence-corrected chi connectivity index (χ0v) is 16.9. The van der Waals surface area contributed by atoms with Gasteiger partial charge in [0.15, 0.2) is 5.82 Å². The first-order valence-electron chi connectivity index (χ1n) is 9.46. The first kappa shape index (κ1) is 19.6. The Labute approximate surface area is 165 Å². The van der Waals surface area contributed by atoms with E-state index in [0.29, 0.717) is 13.1 Å². The van der Waals surface area contributed by atoms with Crippen LogP contribution in [0.4, 0.5) is 4.79 Å². The van der Waals surface area contributed by atoms with Gasteiger partial charge in [-0.05, 0) is 44.0 Å². The number of aryl methyl sites for hydroxylation is 3. The first-order valence-corrected chi connectivity index (χ1v) is 9.46. The van der Waals surface area contributed by atoms with Crippen molar-refractivity contribution in [1.82, 2.24) is 34.8 Å². The summed E-state index contributed by atoms with van der Waals surface area (Å²) >= 11 is 0. The second-order valence-electron chi connectivity index (χ2n) is 6.96. The molecular formula is C20H27N7O. The SMILES string of the molecule is CCCn1cnnc1CNC(=O)N(C)Cc1cccc(-n2nc(C)cc2C)c1. The van der Waals surface area contributed by atoms with Crippen molar-refractivity contribution in [3.63, 3.8) is 0 Å². The normalized spacial score (nSPS) is 10.9. The Balaban J connectivity index is 1.61. The van der Waals surface area contributed by atoms with Gasteiger partial charge in [-0.1, -0.05) is 19.1 Å². The lowest BCUT2D eigenvalue weighted by atomic mass is 10.2. The van der Waals surface area contributed by atoms with Gasteiger partial charge in [0.2, 0.25) is 0 Å². The second kappa shape index (κ2) is 8.69. The zero-order valence-electron chi connectivity index (χ0n) is 16.9. The smallest absolute Gasteiger partial charge is 0.317 e. The Kier molecular flexibility index (Phi) is 6.08. The van der Waals surface area contributed by atoms with E-state index in [4.69, 9.17) is 0 Å². The summed E-state index contributed by atoms with van der Waals surface area (Å²) in [5.41, 5.74) is 4.09. The maximum absolute atomic E-state index is 12.5. The lowest BCUT2D eigenvalue weighted by Gasteiger charge is -2.18. The third kappa shape index (κ3) is 4.57. The van der Waals surface area contributed by atoms with Crippen LogP contribution in [0.15, 0.2) is 36.7 Å². The van der Waals surface area contributed by atoms with E-state index in [-0.39, 0.29) is 6.03 Å². The highest BCUT2D eigenvalue weighted by molar-refractivity contribution is 5.73. The van der Waals surface area contributed by atoms with Crippen molar-refractivity contribution in [3.8, 4) is 5.69 Å². The van der Waals surface area contributed by atoms with Crippen molar-refractivity contribution in [2.24, 2.45) is 0 Å². The number of rotatable bonds is 7. The predicted octanol–water partition coefficient (Wildman–Crippen LogP) is 2.83. The Hall–Kier alpha value is -3.16. The van der Waals surface area contributed by atoms with Gasteiger partial charge in [-0.3, -0.25) is 0 Å². The summed E-state index contributed by atoms with van der Waals surface area (Å²) in [6, 6.07) is 9.97. The molecule has 8 nitrogen and oxygen atoms in total. The fourth-order valence-electron chi connectivity index (χ4n) is 3.16. The molecule has 3 rings (SSSR count). The van der Waals surface area contributed by atoms with Crippen LogP contribution in [0, 0.1) is 13.8 Å². The molecule has 0 saturated carbocycles. The molecule has 0 spiro atoms. The quantitative estimate of drug-likeness (QED) is 0.682. The molecule has 0 fully saturated rings. The summed E-state index contributed by atoms with van der Waals surface area (Å²) in [4.78, 5) is 14.1. The third-order valence-corrected chi connectivity index (χ3v) is 4.49. The molecule has 0 atom stereocenters. The minimum Gasteiger partial charge on any atom is -0.331 e. The lowest BCUT2D eigenvalue weighted by molar-refractivity contribution is 0.206. The molecule has 3 aromatic rings. The van der Waals surface area contributed by atoms with Gasteiger partial charge in [-0.25, -0.2) is 9.48 Å². The number of nitrogens with one attached hydrogen (secondary N) is 1. The monoisotopic (exact) mass is 381 g/mol. The number of aromatic nitrogens is 5. The molecule has 0 aliphatic carbocycles. The van der Waals surface area contributed by atoms with Crippen molar-refractivity contribution in [2.75, 3.05) is 7.05 Å². The van der Waals surface area contributed by atoms with Crippen LogP contribution in [0.5, 0.6) is 0 Å². The number of carbonyl (C=O) groups is 1. The zero-order chi connectivity index (χ0) is 20.1. The van der Waals surface area contributed by atoms with E-state index in [1.165, 1.54) is 0 Å². The molecule has 1 aromatic carbocycles. The Bertz CT molecular complexity index is 944. The van der Waals surface area contributed by atoms with Crippen LogP contribution in [0.2, 0.25) is 0 Å². The Morgan fingerprint density at radius 3 is 2.79 bits per heavy atom. The molecule has 1 N–H and O–H groups in total. The highest BCUT2D eigenvalue weighted by Crippen LogP contribution is 2.15. The molecule has 0 aliphatic rings. The van der Waals surface area contributed by atoms with Crippen molar-refractivity contribution in [2.45, 2.75) is 46.8 Å². The van der Waals surface area contributed by atoms with Crippen LogP contribution >= 0.6 is 0 Å². The molecule has 148 valence electrons. The van der Waals surface area contributed by atoms with Crippen LogP contribution < -0.4 is 5.32 Å². The highest BCUT2D eigenvalue weighted by Gasteiger charge is 2.12. The fourth-order valence-corrected chi connectivity index (χ4v) is 3.16. The summed E-state index contributed by atoms with van der Waals surface area (Å²) in [5.74, 6) is 0.759. The molecule has 0 unspecified atom stereocenters. The molecule has 28 heavy (non-hydrogen) atoms. The molecule has 2 heterocycles. The fraction of sp³-hybridized carbons (Fsp3) is 0.400. The second-order valence-corrected chi connectivity index (χ2v) is 6.96. The van der Waals surface area contributed by atoms with Gasteiger partial charge < -0.3 is 14.8 Å². The molecule has 2 amide bonds. The van der Waals surface area contributed by atoms with Crippen molar-refractivity contribution in [3.05, 3.63) is 59.4 Å². The first-order chi connectivity index (χ1) is 13.5. The minimum atomic E-state index is -0.150. The summed E-state index contributed by atoms with van der Waals surface area (Å²) < 4.78 is 3.87. The van der Waals surface area contributed by atoms with Gasteiger partial charge >= 0.3 is 6.03 Å². The van der Waals surface area contributed by atoms with E-state index >= 15 is 0 Å². The number of benzene rings is 1. The predicted molar refractivity (Wildman–Crippen MR) is 107 cm³/mol. The molecular weight excluding hydrogens is 354 g/mol. The molecule has 0 radical (unpaired) electrons. The van der Waals surface area contributed by atoms with Gasteiger partial charge in [-0.15, -0.1) is 10.2 Å². The van der Waals surface area contributed by atoms with Crippen LogP contribution in [0.1, 0.15) is 36.1 Å². The van der Waals surface area contributed by atoms with Gasteiger partial charge in [0.1, 0.15) is 6.33 Å². The summed E-state index contributed by atoms with van der Waals surface area (Å²) in [6.45, 7) is 7.80. The number of amides is 2. The molecule has 8 heteroatoms. The Morgan fingerprint density at radius 2 is 2.07 bits per heavy atom. The minimum absolute atomic E-state index is 0.150. The molecule has 2 aromatic heterocycles. The van der Waals surface area contributed by atoms with Crippen LogP contribution in [-0.4, -0.2) is 42.5 Å². The average molecular weight is 381 g/mol. The van der Waals surface area contributed by atoms with Crippen LogP contribution in [-0.2, 0) is 19.6 Å². The Morgan fingerprint density at radius 1 is 1.25 bits per heavy atom.